The van der Waals surface area contributed by atoms with Crippen LogP contribution >= 0.6 is 0 Å². The highest BCUT2D eigenvalue weighted by atomic mass is 16.6. The molecule has 156 valence electrons. The normalized spacial score (nSPS) is 16.8. The van der Waals surface area contributed by atoms with Crippen LogP contribution in [0.5, 0.6) is 0 Å². The second-order valence-corrected chi connectivity index (χ2v) is 7.35. The summed E-state index contributed by atoms with van der Waals surface area (Å²) in [4.78, 5) is 30.0. The number of aliphatic hydroxyl groups is 1. The number of anilines is 1. The van der Waals surface area contributed by atoms with Crippen LogP contribution in [0.25, 0.3) is 11.0 Å². The lowest BCUT2D eigenvalue weighted by atomic mass is 10.2. The number of fused-ring (bicyclic) bond motifs is 1. The first-order valence-corrected chi connectivity index (χ1v) is 9.93. The van der Waals surface area contributed by atoms with Crippen molar-refractivity contribution in [3.05, 3.63) is 64.2 Å². The van der Waals surface area contributed by atoms with Crippen molar-refractivity contribution < 1.29 is 14.8 Å². The van der Waals surface area contributed by atoms with Gasteiger partial charge in [-0.15, -0.1) is 0 Å². The van der Waals surface area contributed by atoms with Gasteiger partial charge in [0.15, 0.2) is 0 Å². The van der Waals surface area contributed by atoms with Crippen LogP contribution in [0.15, 0.2) is 48.5 Å². The summed E-state index contributed by atoms with van der Waals surface area (Å²) < 4.78 is 1.94. The minimum atomic E-state index is -0.528. The zero-order valence-electron chi connectivity index (χ0n) is 16.4. The highest BCUT2D eigenvalue weighted by Gasteiger charge is 2.24. The Morgan fingerprint density at radius 3 is 2.87 bits per heavy atom. The quantitative estimate of drug-likeness (QED) is 0.458. The van der Waals surface area contributed by atoms with Crippen molar-refractivity contribution >= 4 is 28.6 Å². The summed E-state index contributed by atoms with van der Waals surface area (Å²) in [5.41, 5.74) is 1.71. The van der Waals surface area contributed by atoms with Crippen molar-refractivity contribution in [2.75, 3.05) is 25.0 Å². The Kier molecular flexibility index (Phi) is 5.73. The highest BCUT2D eigenvalue weighted by Crippen LogP contribution is 2.23. The third-order valence-electron chi connectivity index (χ3n) is 5.52. The Morgan fingerprint density at radius 1 is 1.23 bits per heavy atom. The molecule has 1 aliphatic heterocycles. The molecule has 2 heterocycles. The molecule has 1 saturated heterocycles. The average molecular weight is 409 g/mol. The van der Waals surface area contributed by atoms with Gasteiger partial charge in [0, 0.05) is 36.8 Å². The lowest BCUT2D eigenvalue weighted by Crippen LogP contribution is -2.35. The van der Waals surface area contributed by atoms with Gasteiger partial charge in [-0.3, -0.25) is 25.1 Å². The van der Waals surface area contributed by atoms with Crippen LogP contribution < -0.4 is 5.32 Å². The third-order valence-corrected chi connectivity index (χ3v) is 5.52. The van der Waals surface area contributed by atoms with Gasteiger partial charge in [-0.25, -0.2) is 4.98 Å². The van der Waals surface area contributed by atoms with Crippen molar-refractivity contribution in [2.24, 2.45) is 0 Å². The van der Waals surface area contributed by atoms with Gasteiger partial charge in [-0.2, -0.15) is 0 Å². The van der Waals surface area contributed by atoms with E-state index in [0.717, 1.165) is 37.0 Å². The van der Waals surface area contributed by atoms with Crippen LogP contribution in [-0.4, -0.2) is 56.1 Å². The van der Waals surface area contributed by atoms with E-state index in [-0.39, 0.29) is 23.9 Å². The standard InChI is InChI=1S/C21H23N5O4/c27-14-17-7-4-10-24(17)11-12-25-19-9-2-1-8-18(19)22-21(25)23-20(28)15-5-3-6-16(13-15)26(29)30/h1-3,5-6,8-9,13,17,27H,4,7,10-12,14H2,(H,22,23,28)/t17-/m1/s1. The third kappa shape index (κ3) is 4.03. The fourth-order valence-electron chi connectivity index (χ4n) is 3.96. The number of nitro benzene ring substituents is 1. The summed E-state index contributed by atoms with van der Waals surface area (Å²) in [7, 11) is 0. The van der Waals surface area contributed by atoms with Crippen molar-refractivity contribution in [1.82, 2.24) is 14.5 Å². The predicted octanol–water partition coefficient (Wildman–Crippen LogP) is 2.65. The van der Waals surface area contributed by atoms with E-state index in [1.807, 2.05) is 28.8 Å². The first-order valence-electron chi connectivity index (χ1n) is 9.93. The molecule has 4 rings (SSSR count). The minimum Gasteiger partial charge on any atom is -0.395 e. The SMILES string of the molecule is O=C(Nc1nc2ccccc2n1CCN1CCC[C@@H]1CO)c1cccc([N+](=O)[O-])c1. The molecular weight excluding hydrogens is 386 g/mol. The highest BCUT2D eigenvalue weighted by molar-refractivity contribution is 6.04. The molecule has 9 nitrogen and oxygen atoms in total. The number of nitro groups is 1. The molecule has 1 fully saturated rings. The van der Waals surface area contributed by atoms with Crippen molar-refractivity contribution in [1.29, 1.82) is 0 Å². The van der Waals surface area contributed by atoms with Crippen molar-refractivity contribution in [3.63, 3.8) is 0 Å². The number of non-ortho nitro benzene ring substituents is 1. The summed E-state index contributed by atoms with van der Waals surface area (Å²) in [6.45, 7) is 2.40. The molecule has 1 amide bonds. The Bertz CT molecular complexity index is 1080. The van der Waals surface area contributed by atoms with Crippen LogP contribution in [-0.2, 0) is 6.54 Å². The molecule has 9 heteroatoms. The number of nitrogens with one attached hydrogen (secondary N) is 1. The monoisotopic (exact) mass is 409 g/mol. The second-order valence-electron chi connectivity index (χ2n) is 7.35. The maximum absolute atomic E-state index is 12.7. The zero-order valence-corrected chi connectivity index (χ0v) is 16.4. The number of rotatable bonds is 7. The van der Waals surface area contributed by atoms with Crippen LogP contribution in [0, 0.1) is 10.1 Å². The number of hydrogen-bond acceptors (Lipinski definition) is 6. The number of benzene rings is 2. The lowest BCUT2D eigenvalue weighted by Gasteiger charge is -2.23. The van der Waals surface area contributed by atoms with Crippen LogP contribution in [0.4, 0.5) is 11.6 Å². The van der Waals surface area contributed by atoms with E-state index in [4.69, 9.17) is 0 Å². The predicted molar refractivity (Wildman–Crippen MR) is 112 cm³/mol. The van der Waals surface area contributed by atoms with E-state index >= 15 is 0 Å². The first-order chi connectivity index (χ1) is 14.6. The molecule has 0 saturated carbocycles. The largest absolute Gasteiger partial charge is 0.395 e. The molecule has 2 N–H and O–H groups in total. The molecule has 2 aromatic carbocycles. The number of hydrogen-bond donors (Lipinski definition) is 2. The molecule has 30 heavy (non-hydrogen) atoms. The molecule has 0 spiro atoms. The van der Waals surface area contributed by atoms with Gasteiger partial charge >= 0.3 is 0 Å². The summed E-state index contributed by atoms with van der Waals surface area (Å²) in [6, 6.07) is 13.4. The van der Waals surface area contributed by atoms with Gasteiger partial charge in [-0.1, -0.05) is 18.2 Å². The minimum absolute atomic E-state index is 0.139. The lowest BCUT2D eigenvalue weighted by molar-refractivity contribution is -0.384. The Labute approximate surface area is 173 Å². The summed E-state index contributed by atoms with van der Waals surface area (Å²) in [6.07, 6.45) is 2.05. The van der Waals surface area contributed by atoms with Crippen LogP contribution in [0.3, 0.4) is 0 Å². The fourth-order valence-corrected chi connectivity index (χ4v) is 3.96. The van der Waals surface area contributed by atoms with Crippen LogP contribution in [0.1, 0.15) is 23.2 Å². The second kappa shape index (κ2) is 8.60. The molecule has 1 aliphatic rings. The smallest absolute Gasteiger partial charge is 0.270 e. The Hall–Kier alpha value is -3.30. The van der Waals surface area contributed by atoms with Gasteiger partial charge < -0.3 is 9.67 Å². The molecule has 3 aromatic rings. The number of nitrogens with zero attached hydrogens (tertiary/aromatic N) is 4. The van der Waals surface area contributed by atoms with Crippen molar-refractivity contribution in [2.45, 2.75) is 25.4 Å². The van der Waals surface area contributed by atoms with Crippen LogP contribution in [0.2, 0.25) is 0 Å². The number of aliphatic hydroxyl groups excluding tert-OH is 1. The van der Waals surface area contributed by atoms with Gasteiger partial charge in [0.05, 0.1) is 22.6 Å². The summed E-state index contributed by atoms with van der Waals surface area (Å²) in [5.74, 6) is -0.0582. The van der Waals surface area contributed by atoms with Gasteiger partial charge in [0.1, 0.15) is 0 Å². The molecular formula is C21H23N5O4. The number of para-hydroxylation sites is 2. The molecule has 0 unspecified atom stereocenters. The molecule has 0 radical (unpaired) electrons. The van der Waals surface area contributed by atoms with Gasteiger partial charge in [0.2, 0.25) is 5.95 Å². The molecule has 1 atom stereocenters. The maximum Gasteiger partial charge on any atom is 0.270 e. The molecule has 0 bridgehead atoms. The number of aromatic nitrogens is 2. The molecule has 0 aliphatic carbocycles. The molecule has 1 aromatic heterocycles. The van der Waals surface area contributed by atoms with Crippen molar-refractivity contribution in [3.8, 4) is 0 Å². The number of amides is 1. The van der Waals surface area contributed by atoms with E-state index in [0.29, 0.717) is 12.5 Å². The van der Waals surface area contributed by atoms with E-state index in [2.05, 4.69) is 15.2 Å². The number of carbonyl (C=O) groups is 1. The maximum atomic E-state index is 12.7. The number of carbonyl (C=O) groups excluding carboxylic acids is 1. The topological polar surface area (TPSA) is 114 Å². The number of imidazole rings is 1. The fraction of sp³-hybridized carbons (Fsp3) is 0.333. The first kappa shape index (κ1) is 20.0. The van der Waals surface area contributed by atoms with Gasteiger partial charge in [-0.05, 0) is 37.6 Å². The Balaban J connectivity index is 1.59. The average Bonchev–Trinajstić information content (AvgIpc) is 3.35. The Morgan fingerprint density at radius 2 is 2.07 bits per heavy atom. The summed E-state index contributed by atoms with van der Waals surface area (Å²) in [5, 5.41) is 23.4. The number of likely N-dealkylation sites (tertiary alicyclic amines) is 1. The van der Waals surface area contributed by atoms with E-state index in [1.165, 1.54) is 24.3 Å². The van der Waals surface area contributed by atoms with E-state index in [9.17, 15) is 20.0 Å². The van der Waals surface area contributed by atoms with E-state index in [1.54, 1.807) is 0 Å². The van der Waals surface area contributed by atoms with Gasteiger partial charge in [0.25, 0.3) is 11.6 Å². The zero-order chi connectivity index (χ0) is 21.1. The van der Waals surface area contributed by atoms with E-state index < -0.39 is 10.8 Å². The summed E-state index contributed by atoms with van der Waals surface area (Å²) >= 11 is 0.